The fraction of sp³-hybridized carbons (Fsp3) is 0.917. The van der Waals surface area contributed by atoms with Crippen molar-refractivity contribution in [1.82, 2.24) is 5.32 Å². The summed E-state index contributed by atoms with van der Waals surface area (Å²) in [5.41, 5.74) is -0.580. The molecule has 2 atom stereocenters. The Bertz CT molecular complexity index is 234. The van der Waals surface area contributed by atoms with Crippen LogP contribution >= 0.6 is 0 Å². The maximum absolute atomic E-state index is 9.03. The van der Waals surface area contributed by atoms with Gasteiger partial charge in [0.1, 0.15) is 5.54 Å². The first kappa shape index (κ1) is 13.4. The van der Waals surface area contributed by atoms with Crippen LogP contribution in [0.4, 0.5) is 0 Å². The van der Waals surface area contributed by atoms with Gasteiger partial charge in [0.05, 0.1) is 25.4 Å². The number of nitrogens with one attached hydrogen (secondary N) is 1. The topological polar surface area (TPSA) is 54.3 Å². The molecular formula is C12H22N2O2. The standard InChI is InChI=1S/C12H22N2O2/c1-3-14-12(2,9-13)10-15-8-11-6-4-5-7-16-11/h11,14H,3-8,10H2,1-2H3. The van der Waals surface area contributed by atoms with Crippen molar-refractivity contribution >= 4 is 0 Å². The summed E-state index contributed by atoms with van der Waals surface area (Å²) in [6.07, 6.45) is 3.67. The van der Waals surface area contributed by atoms with Crippen LogP contribution in [0.2, 0.25) is 0 Å². The first-order valence-electron chi connectivity index (χ1n) is 6.06. The number of nitriles is 1. The van der Waals surface area contributed by atoms with Crippen LogP contribution in [0.1, 0.15) is 33.1 Å². The molecule has 1 rings (SSSR count). The van der Waals surface area contributed by atoms with Crippen molar-refractivity contribution in [1.29, 1.82) is 5.26 Å². The summed E-state index contributed by atoms with van der Waals surface area (Å²) in [6, 6.07) is 2.24. The zero-order valence-corrected chi connectivity index (χ0v) is 10.3. The summed E-state index contributed by atoms with van der Waals surface area (Å²) in [7, 11) is 0. The first-order chi connectivity index (χ1) is 7.70. The van der Waals surface area contributed by atoms with E-state index in [0.29, 0.717) is 13.2 Å². The van der Waals surface area contributed by atoms with Crippen LogP contribution in [0.3, 0.4) is 0 Å². The van der Waals surface area contributed by atoms with Gasteiger partial charge in [0.25, 0.3) is 0 Å². The SMILES string of the molecule is CCNC(C)(C#N)COCC1CCCCO1. The molecule has 0 aromatic rings. The highest BCUT2D eigenvalue weighted by atomic mass is 16.5. The molecule has 1 aliphatic heterocycles. The number of rotatable bonds is 6. The smallest absolute Gasteiger partial charge is 0.127 e. The molecule has 1 fully saturated rings. The Hall–Kier alpha value is -0.630. The molecule has 92 valence electrons. The molecule has 0 aliphatic carbocycles. The molecule has 1 saturated heterocycles. The number of hydrogen-bond donors (Lipinski definition) is 1. The lowest BCUT2D eigenvalue weighted by Gasteiger charge is -2.26. The predicted molar refractivity (Wildman–Crippen MR) is 62.1 cm³/mol. The van der Waals surface area contributed by atoms with Gasteiger partial charge in [-0.15, -0.1) is 0 Å². The predicted octanol–water partition coefficient (Wildman–Crippen LogP) is 1.46. The van der Waals surface area contributed by atoms with Crippen molar-refractivity contribution in [3.63, 3.8) is 0 Å². The van der Waals surface area contributed by atoms with Crippen LogP contribution in [-0.2, 0) is 9.47 Å². The summed E-state index contributed by atoms with van der Waals surface area (Å²) in [5.74, 6) is 0. The zero-order chi connectivity index (χ0) is 11.9. The van der Waals surface area contributed by atoms with Crippen molar-refractivity contribution in [2.45, 2.75) is 44.8 Å². The van der Waals surface area contributed by atoms with Crippen molar-refractivity contribution in [3.05, 3.63) is 0 Å². The quantitative estimate of drug-likeness (QED) is 0.745. The normalized spacial score (nSPS) is 24.7. The summed E-state index contributed by atoms with van der Waals surface area (Å²) in [4.78, 5) is 0. The highest BCUT2D eigenvalue weighted by Crippen LogP contribution is 2.13. The summed E-state index contributed by atoms with van der Waals surface area (Å²) in [5, 5.41) is 12.1. The zero-order valence-electron chi connectivity index (χ0n) is 10.3. The van der Waals surface area contributed by atoms with Gasteiger partial charge in [-0.1, -0.05) is 6.92 Å². The maximum Gasteiger partial charge on any atom is 0.127 e. The Balaban J connectivity index is 2.20. The fourth-order valence-corrected chi connectivity index (χ4v) is 1.85. The minimum absolute atomic E-state index is 0.221. The molecule has 0 amide bonds. The Morgan fingerprint density at radius 2 is 2.38 bits per heavy atom. The van der Waals surface area contributed by atoms with Crippen LogP contribution in [-0.4, -0.2) is 38.0 Å². The molecule has 1 aliphatic rings. The average Bonchev–Trinajstić information content (AvgIpc) is 2.31. The summed E-state index contributed by atoms with van der Waals surface area (Å²) in [6.45, 7) is 6.47. The Morgan fingerprint density at radius 3 is 2.94 bits per heavy atom. The van der Waals surface area contributed by atoms with E-state index in [1.807, 2.05) is 13.8 Å². The van der Waals surface area contributed by atoms with Crippen LogP contribution < -0.4 is 5.32 Å². The van der Waals surface area contributed by atoms with E-state index in [1.54, 1.807) is 0 Å². The average molecular weight is 226 g/mol. The van der Waals surface area contributed by atoms with Crippen molar-refractivity contribution in [3.8, 4) is 6.07 Å². The molecule has 0 radical (unpaired) electrons. The molecule has 2 unspecified atom stereocenters. The second kappa shape index (κ2) is 6.85. The van der Waals surface area contributed by atoms with E-state index in [1.165, 1.54) is 6.42 Å². The molecule has 0 aromatic heterocycles. The second-order valence-electron chi connectivity index (χ2n) is 4.48. The van der Waals surface area contributed by atoms with E-state index in [4.69, 9.17) is 14.7 Å². The fourth-order valence-electron chi connectivity index (χ4n) is 1.85. The molecule has 0 aromatic carbocycles. The molecule has 16 heavy (non-hydrogen) atoms. The maximum atomic E-state index is 9.03. The van der Waals surface area contributed by atoms with Gasteiger partial charge in [-0.2, -0.15) is 5.26 Å². The number of hydrogen-bond acceptors (Lipinski definition) is 4. The van der Waals surface area contributed by atoms with E-state index in [2.05, 4.69) is 11.4 Å². The molecule has 4 nitrogen and oxygen atoms in total. The van der Waals surface area contributed by atoms with Gasteiger partial charge in [-0.05, 0) is 32.7 Å². The molecule has 4 heteroatoms. The van der Waals surface area contributed by atoms with E-state index in [9.17, 15) is 0 Å². The minimum atomic E-state index is -0.580. The van der Waals surface area contributed by atoms with Crippen LogP contribution in [0.15, 0.2) is 0 Å². The number of nitrogens with zero attached hydrogens (tertiary/aromatic N) is 1. The monoisotopic (exact) mass is 226 g/mol. The molecule has 1 heterocycles. The highest BCUT2D eigenvalue weighted by Gasteiger charge is 2.23. The van der Waals surface area contributed by atoms with E-state index >= 15 is 0 Å². The second-order valence-corrected chi connectivity index (χ2v) is 4.48. The van der Waals surface area contributed by atoms with Gasteiger partial charge in [-0.25, -0.2) is 0 Å². The van der Waals surface area contributed by atoms with Gasteiger partial charge in [-0.3, -0.25) is 5.32 Å². The molecular weight excluding hydrogens is 204 g/mol. The Morgan fingerprint density at radius 1 is 1.56 bits per heavy atom. The van der Waals surface area contributed by atoms with Crippen molar-refractivity contribution < 1.29 is 9.47 Å². The largest absolute Gasteiger partial charge is 0.376 e. The third-order valence-corrected chi connectivity index (χ3v) is 2.78. The lowest BCUT2D eigenvalue weighted by atomic mass is 10.1. The minimum Gasteiger partial charge on any atom is -0.376 e. The molecule has 0 bridgehead atoms. The molecule has 0 saturated carbocycles. The molecule has 1 N–H and O–H groups in total. The number of ether oxygens (including phenoxy) is 2. The van der Waals surface area contributed by atoms with E-state index in [-0.39, 0.29) is 6.10 Å². The third-order valence-electron chi connectivity index (χ3n) is 2.78. The van der Waals surface area contributed by atoms with Gasteiger partial charge >= 0.3 is 0 Å². The van der Waals surface area contributed by atoms with Crippen LogP contribution in [0, 0.1) is 11.3 Å². The molecule has 0 spiro atoms. The van der Waals surface area contributed by atoms with Gasteiger partial charge < -0.3 is 9.47 Å². The van der Waals surface area contributed by atoms with E-state index < -0.39 is 5.54 Å². The number of likely N-dealkylation sites (N-methyl/N-ethyl adjacent to an activating group) is 1. The summed E-state index contributed by atoms with van der Waals surface area (Å²) >= 11 is 0. The van der Waals surface area contributed by atoms with Crippen molar-refractivity contribution in [2.24, 2.45) is 0 Å². The van der Waals surface area contributed by atoms with Gasteiger partial charge in [0.15, 0.2) is 0 Å². The lowest BCUT2D eigenvalue weighted by molar-refractivity contribution is -0.0469. The Labute approximate surface area is 97.9 Å². The highest BCUT2D eigenvalue weighted by molar-refractivity contribution is 5.03. The summed E-state index contributed by atoms with van der Waals surface area (Å²) < 4.78 is 11.1. The Kier molecular flexibility index (Phi) is 5.75. The van der Waals surface area contributed by atoms with E-state index in [0.717, 1.165) is 26.0 Å². The van der Waals surface area contributed by atoms with Gasteiger partial charge in [0, 0.05) is 6.61 Å². The lowest BCUT2D eigenvalue weighted by Crippen LogP contribution is -2.45. The van der Waals surface area contributed by atoms with Crippen LogP contribution in [0.25, 0.3) is 0 Å². The third kappa shape index (κ3) is 4.48. The van der Waals surface area contributed by atoms with Crippen LogP contribution in [0.5, 0.6) is 0 Å². The van der Waals surface area contributed by atoms with Gasteiger partial charge in [0.2, 0.25) is 0 Å². The first-order valence-corrected chi connectivity index (χ1v) is 6.06. The van der Waals surface area contributed by atoms with Crippen molar-refractivity contribution in [2.75, 3.05) is 26.4 Å².